The first kappa shape index (κ1) is 20.1. The first-order valence-electron chi connectivity index (χ1n) is 9.44. The molecule has 0 heterocycles. The summed E-state index contributed by atoms with van der Waals surface area (Å²) in [4.78, 5) is 25.9. The number of aryl methyl sites for hydroxylation is 1. The van der Waals surface area contributed by atoms with Gasteiger partial charge in [0.15, 0.2) is 0 Å². The molecule has 0 aromatic heterocycles. The molecule has 5 heteroatoms. The maximum absolute atomic E-state index is 12.3. The summed E-state index contributed by atoms with van der Waals surface area (Å²) < 4.78 is 5.77. The highest BCUT2D eigenvalue weighted by Crippen LogP contribution is 2.24. The second kappa shape index (κ2) is 9.55. The van der Waals surface area contributed by atoms with Crippen molar-refractivity contribution in [3.05, 3.63) is 90.0 Å². The van der Waals surface area contributed by atoms with Gasteiger partial charge in [-0.05, 0) is 48.9 Å². The Hall–Kier alpha value is -3.60. The summed E-state index contributed by atoms with van der Waals surface area (Å²) in [6.07, 6.45) is 0. The van der Waals surface area contributed by atoms with Gasteiger partial charge >= 0.3 is 0 Å². The van der Waals surface area contributed by atoms with Crippen LogP contribution in [0.2, 0.25) is 0 Å². The van der Waals surface area contributed by atoms with Crippen molar-refractivity contribution in [1.82, 2.24) is 5.32 Å². The number of carbonyl (C=O) groups is 2. The molecule has 0 saturated carbocycles. The second-order valence-electron chi connectivity index (χ2n) is 6.78. The molecule has 0 saturated heterocycles. The number of anilines is 1. The van der Waals surface area contributed by atoms with Gasteiger partial charge in [-0.25, -0.2) is 0 Å². The van der Waals surface area contributed by atoms with Crippen LogP contribution in [0.4, 0.5) is 5.69 Å². The molecule has 0 atom stereocenters. The van der Waals surface area contributed by atoms with E-state index >= 15 is 0 Å². The SMILES string of the molecule is CC(=O)N(CC(=O)NCc1ccc(C)cc1)c1ccc(Oc2ccccc2)cc1. The van der Waals surface area contributed by atoms with Crippen LogP contribution in [0, 0.1) is 6.92 Å². The van der Waals surface area contributed by atoms with Crippen LogP contribution in [0.25, 0.3) is 0 Å². The number of benzene rings is 3. The number of nitrogens with zero attached hydrogens (tertiary/aromatic N) is 1. The molecule has 148 valence electrons. The molecule has 2 amide bonds. The molecular formula is C24H24N2O3. The highest BCUT2D eigenvalue weighted by Gasteiger charge is 2.16. The summed E-state index contributed by atoms with van der Waals surface area (Å²) in [5, 5.41) is 2.86. The number of amides is 2. The molecular weight excluding hydrogens is 364 g/mol. The maximum atomic E-state index is 12.3. The molecule has 1 N–H and O–H groups in total. The number of hydrogen-bond acceptors (Lipinski definition) is 3. The molecule has 5 nitrogen and oxygen atoms in total. The zero-order valence-corrected chi connectivity index (χ0v) is 16.6. The van der Waals surface area contributed by atoms with Crippen molar-refractivity contribution in [3.63, 3.8) is 0 Å². The number of ether oxygens (including phenoxy) is 1. The van der Waals surface area contributed by atoms with Gasteiger partial charge in [0.2, 0.25) is 11.8 Å². The number of para-hydroxylation sites is 1. The first-order chi connectivity index (χ1) is 14.0. The lowest BCUT2D eigenvalue weighted by Gasteiger charge is -2.21. The van der Waals surface area contributed by atoms with Gasteiger partial charge in [-0.15, -0.1) is 0 Å². The van der Waals surface area contributed by atoms with Gasteiger partial charge < -0.3 is 15.0 Å². The van der Waals surface area contributed by atoms with Crippen molar-refractivity contribution in [2.75, 3.05) is 11.4 Å². The van der Waals surface area contributed by atoms with E-state index in [0.717, 1.165) is 11.3 Å². The van der Waals surface area contributed by atoms with Crippen molar-refractivity contribution >= 4 is 17.5 Å². The Morgan fingerprint density at radius 3 is 2.10 bits per heavy atom. The molecule has 0 spiro atoms. The van der Waals surface area contributed by atoms with Gasteiger partial charge in [-0.3, -0.25) is 9.59 Å². The lowest BCUT2D eigenvalue weighted by Crippen LogP contribution is -2.39. The van der Waals surface area contributed by atoms with E-state index in [0.29, 0.717) is 18.0 Å². The largest absolute Gasteiger partial charge is 0.457 e. The summed E-state index contributed by atoms with van der Waals surface area (Å²) in [6.45, 7) is 3.85. The Bertz CT molecular complexity index is 952. The van der Waals surface area contributed by atoms with E-state index in [9.17, 15) is 9.59 Å². The summed E-state index contributed by atoms with van der Waals surface area (Å²) in [7, 11) is 0. The third-order valence-electron chi connectivity index (χ3n) is 4.42. The molecule has 0 aliphatic carbocycles. The normalized spacial score (nSPS) is 10.3. The average Bonchev–Trinajstić information content (AvgIpc) is 2.73. The summed E-state index contributed by atoms with van der Waals surface area (Å²) in [5.74, 6) is 0.976. The van der Waals surface area contributed by atoms with Crippen LogP contribution in [0.5, 0.6) is 11.5 Å². The second-order valence-corrected chi connectivity index (χ2v) is 6.78. The maximum Gasteiger partial charge on any atom is 0.240 e. The molecule has 3 aromatic rings. The lowest BCUT2D eigenvalue weighted by atomic mass is 10.1. The summed E-state index contributed by atoms with van der Waals surface area (Å²) in [5.41, 5.74) is 2.83. The standard InChI is InChI=1S/C24H24N2O3/c1-18-8-10-20(11-9-18)16-25-24(28)17-26(19(2)27)21-12-14-23(15-13-21)29-22-6-4-3-5-7-22/h3-15H,16-17H2,1-2H3,(H,25,28). The van der Waals surface area contributed by atoms with E-state index in [1.54, 1.807) is 24.3 Å². The minimum atomic E-state index is -0.217. The van der Waals surface area contributed by atoms with E-state index in [1.165, 1.54) is 17.4 Å². The average molecular weight is 388 g/mol. The van der Waals surface area contributed by atoms with Crippen molar-refractivity contribution in [3.8, 4) is 11.5 Å². The summed E-state index contributed by atoms with van der Waals surface area (Å²) in [6, 6.07) is 24.5. The number of rotatable bonds is 7. The molecule has 0 unspecified atom stereocenters. The van der Waals surface area contributed by atoms with Crippen LogP contribution in [0.1, 0.15) is 18.1 Å². The zero-order chi connectivity index (χ0) is 20.6. The molecule has 0 aliphatic rings. The Morgan fingerprint density at radius 2 is 1.48 bits per heavy atom. The number of nitrogens with one attached hydrogen (secondary N) is 1. The molecule has 0 bridgehead atoms. The van der Waals surface area contributed by atoms with Gasteiger partial charge in [-0.1, -0.05) is 48.0 Å². The fourth-order valence-electron chi connectivity index (χ4n) is 2.81. The van der Waals surface area contributed by atoms with Crippen LogP contribution < -0.4 is 15.0 Å². The highest BCUT2D eigenvalue weighted by atomic mass is 16.5. The molecule has 0 radical (unpaired) electrons. The van der Waals surface area contributed by atoms with E-state index in [4.69, 9.17) is 4.74 Å². The van der Waals surface area contributed by atoms with Crippen molar-refractivity contribution in [2.45, 2.75) is 20.4 Å². The Kier molecular flexibility index (Phi) is 6.63. The third kappa shape index (κ3) is 5.94. The third-order valence-corrected chi connectivity index (χ3v) is 4.42. The van der Waals surface area contributed by atoms with E-state index < -0.39 is 0 Å². The molecule has 3 rings (SSSR count). The first-order valence-corrected chi connectivity index (χ1v) is 9.44. The van der Waals surface area contributed by atoms with Crippen molar-refractivity contribution in [1.29, 1.82) is 0 Å². The lowest BCUT2D eigenvalue weighted by molar-refractivity contribution is -0.123. The van der Waals surface area contributed by atoms with Crippen molar-refractivity contribution < 1.29 is 14.3 Å². The highest BCUT2D eigenvalue weighted by molar-refractivity contribution is 5.97. The number of carbonyl (C=O) groups excluding carboxylic acids is 2. The zero-order valence-electron chi connectivity index (χ0n) is 16.6. The van der Waals surface area contributed by atoms with Crippen LogP contribution in [0.3, 0.4) is 0 Å². The topological polar surface area (TPSA) is 58.6 Å². The van der Waals surface area contributed by atoms with Crippen LogP contribution in [0.15, 0.2) is 78.9 Å². The van der Waals surface area contributed by atoms with Crippen LogP contribution in [-0.2, 0) is 16.1 Å². The van der Waals surface area contributed by atoms with Gasteiger partial charge in [0.25, 0.3) is 0 Å². The quantitative estimate of drug-likeness (QED) is 0.650. The Balaban J connectivity index is 1.60. The van der Waals surface area contributed by atoms with Gasteiger partial charge in [0.1, 0.15) is 18.0 Å². The van der Waals surface area contributed by atoms with E-state index in [-0.39, 0.29) is 18.4 Å². The molecule has 0 aliphatic heterocycles. The van der Waals surface area contributed by atoms with Crippen molar-refractivity contribution in [2.24, 2.45) is 0 Å². The summed E-state index contributed by atoms with van der Waals surface area (Å²) >= 11 is 0. The minimum absolute atomic E-state index is 0.0416. The molecule has 0 fully saturated rings. The van der Waals surface area contributed by atoms with Gasteiger partial charge in [-0.2, -0.15) is 0 Å². The fourth-order valence-corrected chi connectivity index (χ4v) is 2.81. The van der Waals surface area contributed by atoms with Gasteiger partial charge in [0, 0.05) is 19.2 Å². The Labute approximate surface area is 170 Å². The Morgan fingerprint density at radius 1 is 0.862 bits per heavy atom. The predicted octanol–water partition coefficient (Wildman–Crippen LogP) is 4.46. The fraction of sp³-hybridized carbons (Fsp3) is 0.167. The van der Waals surface area contributed by atoms with Crippen LogP contribution >= 0.6 is 0 Å². The molecule has 3 aromatic carbocycles. The van der Waals surface area contributed by atoms with E-state index in [2.05, 4.69) is 5.32 Å². The predicted molar refractivity (Wildman–Crippen MR) is 114 cm³/mol. The monoisotopic (exact) mass is 388 g/mol. The minimum Gasteiger partial charge on any atom is -0.457 e. The van der Waals surface area contributed by atoms with Crippen LogP contribution in [-0.4, -0.2) is 18.4 Å². The smallest absolute Gasteiger partial charge is 0.240 e. The number of hydrogen-bond donors (Lipinski definition) is 1. The van der Waals surface area contributed by atoms with E-state index in [1.807, 2.05) is 61.5 Å². The van der Waals surface area contributed by atoms with Gasteiger partial charge in [0.05, 0.1) is 0 Å². The molecule has 29 heavy (non-hydrogen) atoms.